The topological polar surface area (TPSA) is 110 Å². The number of nitro benzene ring substituents is 1. The highest BCUT2D eigenvalue weighted by atomic mass is 32.2. The highest BCUT2D eigenvalue weighted by Gasteiger charge is 2.53. The summed E-state index contributed by atoms with van der Waals surface area (Å²) in [6.45, 7) is 1.59. The third-order valence-corrected chi connectivity index (χ3v) is 9.39. The van der Waals surface area contributed by atoms with Gasteiger partial charge < -0.3 is 9.84 Å². The summed E-state index contributed by atoms with van der Waals surface area (Å²) in [5, 5.41) is 21.0. The monoisotopic (exact) mass is 582 g/mol. The molecule has 0 bridgehead atoms. The van der Waals surface area contributed by atoms with E-state index in [-0.39, 0.29) is 30.5 Å². The van der Waals surface area contributed by atoms with Crippen LogP contribution in [0.1, 0.15) is 35.6 Å². The summed E-state index contributed by atoms with van der Waals surface area (Å²) in [6.07, 6.45) is -0.528. The van der Waals surface area contributed by atoms with Crippen LogP contribution in [-0.2, 0) is 20.9 Å². The molecule has 1 aliphatic heterocycles. The number of ether oxygens (including phenoxy) is 1. The molecule has 0 aliphatic carbocycles. The Hall–Kier alpha value is -4.63. The van der Waals surface area contributed by atoms with Gasteiger partial charge in [0.15, 0.2) is 0 Å². The molecular formula is C33H30N2O6S. The molecule has 1 N–H and O–H groups in total. The molecule has 1 fully saturated rings. The number of carboxylic acids is 1. The van der Waals surface area contributed by atoms with Crippen LogP contribution in [0.2, 0.25) is 0 Å². The van der Waals surface area contributed by atoms with Crippen LogP contribution in [-0.4, -0.2) is 44.3 Å². The van der Waals surface area contributed by atoms with Crippen LogP contribution in [0.3, 0.4) is 0 Å². The number of likely N-dealkylation sites (tertiary alicyclic amines) is 1. The van der Waals surface area contributed by atoms with Crippen molar-refractivity contribution in [3.8, 4) is 0 Å². The van der Waals surface area contributed by atoms with Gasteiger partial charge in [0.05, 0.1) is 9.67 Å². The first kappa shape index (κ1) is 28.9. The third kappa shape index (κ3) is 5.60. The van der Waals surface area contributed by atoms with Crippen molar-refractivity contribution in [1.82, 2.24) is 4.90 Å². The van der Waals surface area contributed by atoms with Crippen molar-refractivity contribution in [3.05, 3.63) is 148 Å². The first-order chi connectivity index (χ1) is 20.2. The Kier molecular flexibility index (Phi) is 8.31. The van der Waals surface area contributed by atoms with Gasteiger partial charge in [-0.25, -0.2) is 9.59 Å². The lowest BCUT2D eigenvalue weighted by Gasteiger charge is -2.37. The van der Waals surface area contributed by atoms with Gasteiger partial charge in [-0.2, -0.15) is 0 Å². The summed E-state index contributed by atoms with van der Waals surface area (Å²) in [5.74, 6) is -1.11. The quantitative estimate of drug-likeness (QED) is 0.130. The second kappa shape index (κ2) is 12.1. The molecule has 0 aromatic heterocycles. The van der Waals surface area contributed by atoms with E-state index in [0.29, 0.717) is 5.56 Å². The summed E-state index contributed by atoms with van der Waals surface area (Å²) < 4.78 is 4.86. The molecule has 5 rings (SSSR count). The van der Waals surface area contributed by atoms with Gasteiger partial charge in [0.2, 0.25) is 0 Å². The summed E-state index contributed by atoms with van der Waals surface area (Å²) >= 11 is 1.64. The number of hydrogen-bond acceptors (Lipinski definition) is 6. The average Bonchev–Trinajstić information content (AvgIpc) is 3.37. The smallest absolute Gasteiger partial charge is 0.411 e. The zero-order chi connectivity index (χ0) is 29.7. The van der Waals surface area contributed by atoms with Crippen molar-refractivity contribution in [2.45, 2.75) is 35.5 Å². The Morgan fingerprint density at radius 3 is 1.81 bits per heavy atom. The first-order valence-corrected chi connectivity index (χ1v) is 14.4. The van der Waals surface area contributed by atoms with Crippen molar-refractivity contribution < 1.29 is 24.4 Å². The molecule has 214 valence electrons. The van der Waals surface area contributed by atoms with E-state index < -0.39 is 27.3 Å². The van der Waals surface area contributed by atoms with E-state index in [2.05, 4.69) is 36.4 Å². The van der Waals surface area contributed by atoms with Gasteiger partial charge in [-0.3, -0.25) is 15.0 Å². The zero-order valence-electron chi connectivity index (χ0n) is 23.0. The summed E-state index contributed by atoms with van der Waals surface area (Å²) in [6, 6.07) is 36.0. The molecule has 0 radical (unpaired) electrons. The summed E-state index contributed by atoms with van der Waals surface area (Å²) in [5.41, 5.74) is 2.14. The fourth-order valence-corrected chi connectivity index (χ4v) is 7.44. The Labute approximate surface area is 248 Å². The van der Waals surface area contributed by atoms with Crippen LogP contribution in [0.25, 0.3) is 0 Å². The van der Waals surface area contributed by atoms with E-state index in [9.17, 15) is 24.8 Å². The lowest BCUT2D eigenvalue weighted by Crippen LogP contribution is -2.50. The van der Waals surface area contributed by atoms with Crippen molar-refractivity contribution in [2.24, 2.45) is 0 Å². The number of benzene rings is 4. The Morgan fingerprint density at radius 2 is 1.38 bits per heavy atom. The van der Waals surface area contributed by atoms with Gasteiger partial charge in [-0.05, 0) is 47.7 Å². The molecule has 9 heteroatoms. The Bertz CT molecular complexity index is 1450. The third-order valence-electron chi connectivity index (χ3n) is 7.68. The molecule has 4 aromatic carbocycles. The molecule has 1 heterocycles. The van der Waals surface area contributed by atoms with E-state index in [0.717, 1.165) is 16.7 Å². The average molecular weight is 583 g/mol. The number of carboxylic acid groups (broad SMARTS) is 1. The van der Waals surface area contributed by atoms with Crippen molar-refractivity contribution in [1.29, 1.82) is 0 Å². The number of carbonyl (C=O) groups excluding carboxylic acids is 1. The number of rotatable bonds is 9. The molecule has 1 aliphatic rings. The molecule has 8 nitrogen and oxygen atoms in total. The van der Waals surface area contributed by atoms with Gasteiger partial charge in [0.1, 0.15) is 12.1 Å². The van der Waals surface area contributed by atoms with Gasteiger partial charge in [0, 0.05) is 23.9 Å². The molecule has 0 saturated carbocycles. The van der Waals surface area contributed by atoms with Crippen molar-refractivity contribution in [3.63, 3.8) is 0 Å². The predicted molar refractivity (Wildman–Crippen MR) is 161 cm³/mol. The standard InChI is InChI=1S/C33H30N2O6S/c1-32(30(36)37)21-29(22-34(32)31(38)41-23-24-17-19-28(20-18-24)35(39)40)42-33(25-11-5-2-6-12-25,26-13-7-3-8-14-26)27-15-9-4-10-16-27/h2-20,29H,21-23H2,1H3,(H,36,37)/t29-,32-/m0/s1. The highest BCUT2D eigenvalue weighted by Crippen LogP contribution is 2.53. The van der Waals surface area contributed by atoms with Crippen LogP contribution in [0, 0.1) is 10.1 Å². The normalized spacial score (nSPS) is 18.4. The zero-order valence-corrected chi connectivity index (χ0v) is 23.8. The minimum atomic E-state index is -1.49. The number of non-ortho nitro benzene ring substituents is 1. The van der Waals surface area contributed by atoms with E-state index >= 15 is 0 Å². The Balaban J connectivity index is 1.47. The molecule has 4 aromatic rings. The molecule has 0 spiro atoms. The van der Waals surface area contributed by atoms with E-state index in [1.54, 1.807) is 18.7 Å². The van der Waals surface area contributed by atoms with Gasteiger partial charge >= 0.3 is 12.1 Å². The minimum Gasteiger partial charge on any atom is -0.480 e. The molecule has 1 amide bonds. The molecule has 2 atom stereocenters. The maximum Gasteiger partial charge on any atom is 0.411 e. The van der Waals surface area contributed by atoms with Crippen LogP contribution in [0.4, 0.5) is 10.5 Å². The molecule has 0 unspecified atom stereocenters. The van der Waals surface area contributed by atoms with E-state index in [1.165, 1.54) is 29.2 Å². The highest BCUT2D eigenvalue weighted by molar-refractivity contribution is 8.01. The van der Waals surface area contributed by atoms with Crippen LogP contribution in [0.15, 0.2) is 115 Å². The first-order valence-electron chi connectivity index (χ1n) is 13.5. The van der Waals surface area contributed by atoms with Gasteiger partial charge in [-0.1, -0.05) is 91.0 Å². The number of thioether (sulfide) groups is 1. The van der Waals surface area contributed by atoms with E-state index in [1.807, 2.05) is 54.6 Å². The lowest BCUT2D eigenvalue weighted by molar-refractivity contribution is -0.384. The van der Waals surface area contributed by atoms with Crippen LogP contribution >= 0.6 is 11.8 Å². The van der Waals surface area contributed by atoms with Crippen molar-refractivity contribution in [2.75, 3.05) is 6.54 Å². The number of nitrogens with zero attached hydrogens (tertiary/aromatic N) is 2. The van der Waals surface area contributed by atoms with Crippen LogP contribution in [0.5, 0.6) is 0 Å². The lowest BCUT2D eigenvalue weighted by atomic mass is 9.84. The number of carbonyl (C=O) groups is 2. The summed E-state index contributed by atoms with van der Waals surface area (Å²) in [7, 11) is 0. The fourth-order valence-electron chi connectivity index (χ4n) is 5.49. The number of amides is 1. The van der Waals surface area contributed by atoms with Gasteiger partial charge in [-0.15, -0.1) is 11.8 Å². The maximum absolute atomic E-state index is 13.4. The fraction of sp³-hybridized carbons (Fsp3) is 0.212. The number of aliphatic carboxylic acids is 1. The molecular weight excluding hydrogens is 552 g/mol. The second-order valence-corrected chi connectivity index (χ2v) is 11.9. The SMILES string of the molecule is C[C@@]1(C(=O)O)C[C@H](SC(c2ccccc2)(c2ccccc2)c2ccccc2)CN1C(=O)OCc1ccc([N+](=O)[O-])cc1. The molecule has 42 heavy (non-hydrogen) atoms. The molecule has 1 saturated heterocycles. The maximum atomic E-state index is 13.4. The second-order valence-electron chi connectivity index (χ2n) is 10.4. The van der Waals surface area contributed by atoms with E-state index in [4.69, 9.17) is 4.74 Å². The van der Waals surface area contributed by atoms with Crippen LogP contribution < -0.4 is 0 Å². The minimum absolute atomic E-state index is 0.0679. The van der Waals surface area contributed by atoms with Gasteiger partial charge in [0.25, 0.3) is 5.69 Å². The predicted octanol–water partition coefficient (Wildman–Crippen LogP) is 6.87. The van der Waals surface area contributed by atoms with Crippen molar-refractivity contribution >= 4 is 29.5 Å². The number of hydrogen-bond donors (Lipinski definition) is 1. The summed E-state index contributed by atoms with van der Waals surface area (Å²) in [4.78, 5) is 37.7. The largest absolute Gasteiger partial charge is 0.480 e. The number of nitro groups is 1. The Morgan fingerprint density at radius 1 is 0.905 bits per heavy atom.